The fourth-order valence-corrected chi connectivity index (χ4v) is 2.52. The van der Waals surface area contributed by atoms with Crippen molar-refractivity contribution in [2.75, 3.05) is 6.61 Å². The van der Waals surface area contributed by atoms with E-state index in [0.29, 0.717) is 5.56 Å². The Kier molecular flexibility index (Phi) is 6.96. The van der Waals surface area contributed by atoms with Crippen molar-refractivity contribution >= 4 is 26.0 Å². The number of nitrogens with two attached hydrogens (primary N) is 2. The number of hydrogen-bond donors (Lipinski definition) is 3. The molecule has 0 saturated heterocycles. The van der Waals surface area contributed by atoms with E-state index in [1.807, 2.05) is 0 Å². The first-order valence-electron chi connectivity index (χ1n) is 7.29. The summed E-state index contributed by atoms with van der Waals surface area (Å²) in [7, 11) is -7.72. The highest BCUT2D eigenvalue weighted by Crippen LogP contribution is 2.23. The smallest absolute Gasteiger partial charge is 0.341 e. The van der Waals surface area contributed by atoms with Gasteiger partial charge >= 0.3 is 5.97 Å². The van der Waals surface area contributed by atoms with E-state index in [4.69, 9.17) is 10.3 Å². The fourth-order valence-electron chi connectivity index (χ4n) is 1.57. The molecule has 152 valence electrons. The van der Waals surface area contributed by atoms with Crippen LogP contribution < -0.4 is 10.3 Å². The van der Waals surface area contributed by atoms with E-state index in [1.165, 1.54) is 26.2 Å². The van der Waals surface area contributed by atoms with E-state index in [2.05, 4.69) is 13.6 Å². The molecule has 5 N–H and O–H groups in total. The zero-order chi connectivity index (χ0) is 21.0. The van der Waals surface area contributed by atoms with Gasteiger partial charge in [0.2, 0.25) is 10.2 Å². The lowest BCUT2D eigenvalue weighted by molar-refractivity contribution is 0.0525. The average molecular weight is 424 g/mol. The largest absolute Gasteiger partial charge is 0.462 e. The average Bonchev–Trinajstić information content (AvgIpc) is 3.16. The van der Waals surface area contributed by atoms with Gasteiger partial charge in [0.05, 0.1) is 24.0 Å². The number of rotatable bonds is 5. The standard InChI is InChI=1S/C7H9NO5S.C7H11NO4S/c1-2-12-7(9)5-3-6(13-4-5)14(8,10)11;1-7(2,9)5-3-6(12-4-5)13(8,10)11/h3-4H,2H2,1H3,(H2,8,10,11);3-4,9H,1-2H3,(H2,8,10,11). The maximum atomic E-state index is 11.1. The number of carbonyl (C=O) groups is 1. The van der Waals surface area contributed by atoms with Crippen LogP contribution in [0.2, 0.25) is 0 Å². The van der Waals surface area contributed by atoms with Crippen LogP contribution in [0.15, 0.2) is 43.7 Å². The summed E-state index contributed by atoms with van der Waals surface area (Å²) < 4.78 is 57.0. The highest BCUT2D eigenvalue weighted by atomic mass is 32.2. The molecule has 27 heavy (non-hydrogen) atoms. The molecule has 0 saturated carbocycles. The molecule has 0 aromatic carbocycles. The monoisotopic (exact) mass is 424 g/mol. The van der Waals surface area contributed by atoms with E-state index in [9.17, 15) is 26.7 Å². The number of primary sulfonamides is 2. The minimum Gasteiger partial charge on any atom is -0.462 e. The summed E-state index contributed by atoms with van der Waals surface area (Å²) >= 11 is 0. The summed E-state index contributed by atoms with van der Waals surface area (Å²) in [6, 6.07) is 2.22. The second-order valence-electron chi connectivity index (χ2n) is 5.68. The molecule has 2 heterocycles. The first-order valence-corrected chi connectivity index (χ1v) is 10.4. The molecular formula is C14H20N2O9S2. The number of ether oxygens (including phenoxy) is 1. The van der Waals surface area contributed by atoms with Crippen LogP contribution in [0.1, 0.15) is 36.7 Å². The second-order valence-corrected chi connectivity index (χ2v) is 8.66. The van der Waals surface area contributed by atoms with Crippen LogP contribution in [0.25, 0.3) is 0 Å². The van der Waals surface area contributed by atoms with E-state index in [1.54, 1.807) is 6.92 Å². The Balaban J connectivity index is 0.000000271. The van der Waals surface area contributed by atoms with Crippen LogP contribution in [0.5, 0.6) is 0 Å². The Labute approximate surface area is 156 Å². The molecule has 0 aliphatic rings. The summed E-state index contributed by atoms with van der Waals surface area (Å²) in [6.07, 6.45) is 2.15. The zero-order valence-electron chi connectivity index (χ0n) is 14.7. The lowest BCUT2D eigenvalue weighted by Gasteiger charge is -2.13. The minimum atomic E-state index is -3.90. The Morgan fingerprint density at radius 2 is 1.56 bits per heavy atom. The lowest BCUT2D eigenvalue weighted by atomic mass is 10.0. The van der Waals surface area contributed by atoms with Crippen molar-refractivity contribution in [2.24, 2.45) is 10.3 Å². The normalized spacial score (nSPS) is 12.2. The van der Waals surface area contributed by atoms with Gasteiger partial charge in [-0.25, -0.2) is 31.9 Å². The number of carbonyl (C=O) groups excluding carboxylic acids is 1. The third kappa shape index (κ3) is 6.80. The first kappa shape index (κ1) is 22.9. The SMILES string of the molecule is CC(C)(O)c1coc(S(N)(=O)=O)c1.CCOC(=O)c1coc(S(N)(=O)=O)c1. The van der Waals surface area contributed by atoms with Gasteiger partial charge in [0, 0.05) is 17.7 Å². The lowest BCUT2D eigenvalue weighted by Crippen LogP contribution is -2.15. The first-order chi connectivity index (χ1) is 12.2. The van der Waals surface area contributed by atoms with Crippen molar-refractivity contribution in [2.45, 2.75) is 36.6 Å². The van der Waals surface area contributed by atoms with Crippen LogP contribution in [-0.2, 0) is 30.4 Å². The Morgan fingerprint density at radius 1 is 1.07 bits per heavy atom. The quantitative estimate of drug-likeness (QED) is 0.564. The van der Waals surface area contributed by atoms with E-state index in [0.717, 1.165) is 12.3 Å². The van der Waals surface area contributed by atoms with Crippen molar-refractivity contribution in [3.63, 3.8) is 0 Å². The van der Waals surface area contributed by atoms with Crippen molar-refractivity contribution in [3.8, 4) is 0 Å². The molecule has 0 fully saturated rings. The van der Waals surface area contributed by atoms with Gasteiger partial charge in [-0.3, -0.25) is 0 Å². The minimum absolute atomic E-state index is 0.0240. The highest BCUT2D eigenvalue weighted by Gasteiger charge is 2.22. The molecule has 0 spiro atoms. The molecule has 0 aliphatic heterocycles. The molecule has 2 aromatic heterocycles. The summed E-state index contributed by atoms with van der Waals surface area (Å²) in [5, 5.41) is 18.3. The van der Waals surface area contributed by atoms with Crippen molar-refractivity contribution < 1.29 is 40.3 Å². The second kappa shape index (κ2) is 8.22. The maximum absolute atomic E-state index is 11.1. The number of furan rings is 2. The summed E-state index contributed by atoms with van der Waals surface area (Å²) in [6.45, 7) is 4.88. The third-order valence-corrected chi connectivity index (χ3v) is 4.48. The van der Waals surface area contributed by atoms with Gasteiger partial charge in [0.25, 0.3) is 20.0 Å². The number of sulfonamides is 2. The van der Waals surface area contributed by atoms with Crippen LogP contribution >= 0.6 is 0 Å². The molecule has 0 aliphatic carbocycles. The van der Waals surface area contributed by atoms with Crippen molar-refractivity contribution in [3.05, 3.63) is 35.8 Å². The van der Waals surface area contributed by atoms with Gasteiger partial charge in [0.1, 0.15) is 6.26 Å². The molecule has 13 heteroatoms. The molecule has 0 unspecified atom stereocenters. The van der Waals surface area contributed by atoms with Gasteiger partial charge < -0.3 is 18.7 Å². The highest BCUT2D eigenvalue weighted by molar-refractivity contribution is 7.89. The topological polar surface area (TPSA) is 193 Å². The number of aliphatic hydroxyl groups is 1. The Bertz CT molecular complexity index is 996. The fraction of sp³-hybridized carbons (Fsp3) is 0.357. The molecule has 0 atom stereocenters. The van der Waals surface area contributed by atoms with Gasteiger partial charge in [-0.2, -0.15) is 0 Å². The molecular weight excluding hydrogens is 404 g/mol. The van der Waals surface area contributed by atoms with Crippen molar-refractivity contribution in [1.82, 2.24) is 0 Å². The van der Waals surface area contributed by atoms with Gasteiger partial charge in [-0.1, -0.05) is 0 Å². The maximum Gasteiger partial charge on any atom is 0.341 e. The molecule has 0 radical (unpaired) electrons. The molecule has 11 nitrogen and oxygen atoms in total. The molecule has 0 amide bonds. The van der Waals surface area contributed by atoms with Crippen molar-refractivity contribution in [1.29, 1.82) is 0 Å². The predicted octanol–water partition coefficient (Wildman–Crippen LogP) is 0.258. The summed E-state index contributed by atoms with van der Waals surface area (Å²) in [5.74, 6) is -0.647. The Hall–Kier alpha value is -2.19. The molecule has 2 rings (SSSR count). The van der Waals surface area contributed by atoms with E-state index in [-0.39, 0.29) is 17.3 Å². The molecule has 2 aromatic rings. The summed E-state index contributed by atoms with van der Waals surface area (Å²) in [5.41, 5.74) is -0.737. The Morgan fingerprint density at radius 3 is 1.89 bits per heavy atom. The number of esters is 1. The predicted molar refractivity (Wildman–Crippen MR) is 91.4 cm³/mol. The van der Waals surface area contributed by atoms with E-state index >= 15 is 0 Å². The molecule has 0 bridgehead atoms. The van der Waals surface area contributed by atoms with Gasteiger partial charge in [-0.05, 0) is 20.8 Å². The van der Waals surface area contributed by atoms with Gasteiger partial charge in [0.15, 0.2) is 0 Å². The summed E-state index contributed by atoms with van der Waals surface area (Å²) in [4.78, 5) is 11.1. The van der Waals surface area contributed by atoms with Crippen LogP contribution in [0, 0.1) is 0 Å². The van der Waals surface area contributed by atoms with E-state index < -0.39 is 36.7 Å². The van der Waals surface area contributed by atoms with Crippen LogP contribution in [0.4, 0.5) is 0 Å². The number of hydrogen-bond acceptors (Lipinski definition) is 9. The van der Waals surface area contributed by atoms with Crippen LogP contribution in [0.3, 0.4) is 0 Å². The van der Waals surface area contributed by atoms with Gasteiger partial charge in [-0.15, -0.1) is 0 Å². The van der Waals surface area contributed by atoms with Crippen LogP contribution in [-0.4, -0.2) is 34.5 Å². The third-order valence-electron chi connectivity index (χ3n) is 2.93. The zero-order valence-corrected chi connectivity index (χ0v) is 16.3.